The summed E-state index contributed by atoms with van der Waals surface area (Å²) in [6.45, 7) is 23.6. The number of alkyl halides is 3. The van der Waals surface area contributed by atoms with E-state index in [2.05, 4.69) is 67.7 Å². The van der Waals surface area contributed by atoms with Crippen LogP contribution in [0.1, 0.15) is 80.1 Å². The molecule has 51 heavy (non-hydrogen) atoms. The summed E-state index contributed by atoms with van der Waals surface area (Å²) in [5.41, 5.74) is 3.48. The maximum absolute atomic E-state index is 13.3. The Hall–Kier alpha value is -3.51. The molecule has 0 bridgehead atoms. The Balaban J connectivity index is 0. The van der Waals surface area contributed by atoms with Crippen LogP contribution in [0.2, 0.25) is 0 Å². The van der Waals surface area contributed by atoms with Crippen molar-refractivity contribution in [3.63, 3.8) is 0 Å². The number of allylic oxidation sites excluding steroid dienone is 10. The van der Waals surface area contributed by atoms with Gasteiger partial charge in [-0.1, -0.05) is 87.1 Å². The molecule has 1 fully saturated rings. The molecule has 290 valence electrons. The van der Waals surface area contributed by atoms with Crippen LogP contribution in [-0.4, -0.2) is 75.6 Å². The van der Waals surface area contributed by atoms with Crippen LogP contribution in [0.4, 0.5) is 17.6 Å². The van der Waals surface area contributed by atoms with Crippen molar-refractivity contribution in [2.45, 2.75) is 86.2 Å². The summed E-state index contributed by atoms with van der Waals surface area (Å²) < 4.78 is 81.8. The molecular weight excluding hydrogens is 683 g/mol. The molecule has 7 nitrogen and oxygen atoms in total. The highest BCUT2D eigenvalue weighted by Crippen LogP contribution is 2.53. The highest BCUT2D eigenvalue weighted by molar-refractivity contribution is 7.89. The van der Waals surface area contributed by atoms with E-state index in [1.807, 2.05) is 57.1 Å². The summed E-state index contributed by atoms with van der Waals surface area (Å²) >= 11 is 0. The maximum atomic E-state index is 13.3. The molecule has 2 atom stereocenters. The quantitative estimate of drug-likeness (QED) is 0.0370. The first-order valence-electron chi connectivity index (χ1n) is 17.2. The summed E-state index contributed by atoms with van der Waals surface area (Å²) in [4.78, 5) is 8.95. The van der Waals surface area contributed by atoms with Crippen LogP contribution in [-0.2, 0) is 19.6 Å². The van der Waals surface area contributed by atoms with E-state index in [9.17, 15) is 26.0 Å². The SMILES string of the molecule is C=C.C=C(C)/C(=C\C=C/C)CCN(CC1CCC2=CC=C(/C=N\N(CC)C/C=C\CC)C[C@@]21C)S(=O)(=O)CC(F)(F)F.CC/C=C/F.COC=O. The summed E-state index contributed by atoms with van der Waals surface area (Å²) in [7, 11) is -3.25. The molecule has 0 aromatic rings. The van der Waals surface area contributed by atoms with E-state index in [1.54, 1.807) is 0 Å². The second-order valence-corrected chi connectivity index (χ2v) is 13.9. The molecule has 0 saturated heterocycles. The Kier molecular flexibility index (Phi) is 26.4. The third-order valence-electron chi connectivity index (χ3n) is 8.19. The molecule has 0 heterocycles. The van der Waals surface area contributed by atoms with E-state index in [-0.39, 0.29) is 24.4 Å². The van der Waals surface area contributed by atoms with Crippen LogP contribution in [0.15, 0.2) is 102 Å². The van der Waals surface area contributed by atoms with Gasteiger partial charge in [-0.2, -0.15) is 18.3 Å². The topological polar surface area (TPSA) is 79.3 Å². The molecule has 0 radical (unpaired) electrons. The molecule has 0 aromatic carbocycles. The van der Waals surface area contributed by atoms with Gasteiger partial charge in [0.05, 0.1) is 26.2 Å². The summed E-state index contributed by atoms with van der Waals surface area (Å²) in [6, 6.07) is 0. The second-order valence-electron chi connectivity index (χ2n) is 12.0. The van der Waals surface area contributed by atoms with E-state index < -0.39 is 22.0 Å². The average molecular weight is 744 g/mol. The fourth-order valence-electron chi connectivity index (χ4n) is 5.45. The van der Waals surface area contributed by atoms with Crippen molar-refractivity contribution in [2.75, 3.05) is 39.0 Å². The fraction of sp³-hybridized carbons (Fsp3) is 0.538. The lowest BCUT2D eigenvalue weighted by Crippen LogP contribution is -2.43. The van der Waals surface area contributed by atoms with Gasteiger partial charge in [-0.3, -0.25) is 9.80 Å². The first kappa shape index (κ1) is 49.6. The summed E-state index contributed by atoms with van der Waals surface area (Å²) in [5, 5.41) is 6.61. The molecular formula is C39H61F4N3O4S. The van der Waals surface area contributed by atoms with Gasteiger partial charge in [-0.15, -0.1) is 13.2 Å². The number of rotatable bonds is 17. The van der Waals surface area contributed by atoms with Crippen molar-refractivity contribution in [3.05, 3.63) is 97.0 Å². The highest BCUT2D eigenvalue weighted by atomic mass is 32.2. The van der Waals surface area contributed by atoms with Crippen molar-refractivity contribution in [1.29, 1.82) is 0 Å². The number of likely N-dealkylation sites (N-methyl/N-ethyl adjacent to an activating group) is 1. The number of hydrogen-bond donors (Lipinski definition) is 0. The Labute approximate surface area is 305 Å². The third-order valence-corrected chi connectivity index (χ3v) is 10.0. The van der Waals surface area contributed by atoms with E-state index >= 15 is 0 Å². The van der Waals surface area contributed by atoms with Gasteiger partial charge < -0.3 is 4.74 Å². The Morgan fingerprint density at radius 1 is 1.14 bits per heavy atom. The standard InChI is InChI=1S/C31H46F3N3O2S.C4H7F.C2H4O2.C2H4/c1-7-10-12-19-36(9-3)35-22-26-14-15-28-16-17-29(30(28,6)21-26)23-37(40(38,39)24-31(32,33)34)20-18-27(25(4)5)13-11-8-2;1-2-3-4-5;1-4-2-3;1-2/h8,10-15,22,29H,4,7,9,16-21,23-24H2,1-3,5-6H3;3-4H,2H2,1H3;2H,1H3;1-2H2/b11-8-,12-10-,27-13-,35-22-;4-3+;;/t29?,30-;;;/m0.../s1. The minimum atomic E-state index is -4.81. The van der Waals surface area contributed by atoms with Crippen molar-refractivity contribution in [2.24, 2.45) is 16.4 Å². The van der Waals surface area contributed by atoms with Crippen LogP contribution < -0.4 is 0 Å². The summed E-state index contributed by atoms with van der Waals surface area (Å²) in [5.74, 6) is -1.97. The molecule has 2 aliphatic rings. The van der Waals surface area contributed by atoms with Crippen LogP contribution in [0.5, 0.6) is 0 Å². The first-order valence-corrected chi connectivity index (χ1v) is 18.8. The van der Waals surface area contributed by atoms with E-state index in [4.69, 9.17) is 4.79 Å². The number of sulfonamides is 1. The zero-order valence-electron chi connectivity index (χ0n) is 31.7. The molecule has 2 aliphatic carbocycles. The van der Waals surface area contributed by atoms with Crippen LogP contribution in [0.25, 0.3) is 0 Å². The van der Waals surface area contributed by atoms with Crippen molar-refractivity contribution < 1.29 is 35.5 Å². The Morgan fingerprint density at radius 2 is 1.76 bits per heavy atom. The lowest BCUT2D eigenvalue weighted by atomic mass is 9.70. The molecule has 12 heteroatoms. The van der Waals surface area contributed by atoms with Crippen molar-refractivity contribution in [3.8, 4) is 0 Å². The Bertz CT molecular complexity index is 1350. The van der Waals surface area contributed by atoms with E-state index in [0.717, 1.165) is 59.8 Å². The predicted octanol–water partition coefficient (Wildman–Crippen LogP) is 10.1. The van der Waals surface area contributed by atoms with Gasteiger partial charge in [-0.25, -0.2) is 17.1 Å². The normalized spacial score (nSPS) is 19.1. The lowest BCUT2D eigenvalue weighted by Gasteiger charge is -2.38. The fourth-order valence-corrected chi connectivity index (χ4v) is 6.82. The molecule has 0 N–H and O–H groups in total. The predicted molar refractivity (Wildman–Crippen MR) is 205 cm³/mol. The lowest BCUT2D eigenvalue weighted by molar-refractivity contribution is -0.126. The number of hydrazone groups is 1. The maximum Gasteiger partial charge on any atom is 0.404 e. The largest absolute Gasteiger partial charge is 0.471 e. The number of halogens is 4. The van der Waals surface area contributed by atoms with Gasteiger partial charge in [0.1, 0.15) is 0 Å². The van der Waals surface area contributed by atoms with Crippen molar-refractivity contribution in [1.82, 2.24) is 9.31 Å². The van der Waals surface area contributed by atoms with Crippen LogP contribution in [0.3, 0.4) is 0 Å². The first-order chi connectivity index (χ1) is 24.1. The molecule has 1 unspecified atom stereocenters. The zero-order chi connectivity index (χ0) is 39.5. The highest BCUT2D eigenvalue weighted by Gasteiger charge is 2.46. The number of carbonyl (C=O) groups excluding carboxylic acids is 1. The summed E-state index contributed by atoms with van der Waals surface area (Å²) in [6.07, 6.45) is 17.1. The average Bonchev–Trinajstić information content (AvgIpc) is 3.40. The van der Waals surface area contributed by atoms with E-state index in [0.29, 0.717) is 25.6 Å². The third kappa shape index (κ3) is 20.2. The van der Waals surface area contributed by atoms with E-state index in [1.165, 1.54) is 18.8 Å². The smallest absolute Gasteiger partial charge is 0.404 e. The number of fused-ring (bicyclic) bond motifs is 1. The zero-order valence-corrected chi connectivity index (χ0v) is 32.5. The number of methoxy groups -OCH3 is 1. The monoisotopic (exact) mass is 743 g/mol. The number of nitrogens with zero attached hydrogens (tertiary/aromatic N) is 3. The minimum absolute atomic E-state index is 0.0266. The second kappa shape index (κ2) is 27.2. The van der Waals surface area contributed by atoms with Gasteiger partial charge in [0.15, 0.2) is 5.75 Å². The van der Waals surface area contributed by atoms with Gasteiger partial charge in [0.2, 0.25) is 10.0 Å². The molecule has 0 aromatic heterocycles. The number of ether oxygens (including phenoxy) is 1. The van der Waals surface area contributed by atoms with Crippen LogP contribution in [0, 0.1) is 11.3 Å². The van der Waals surface area contributed by atoms with Gasteiger partial charge in [0, 0.05) is 19.6 Å². The number of hydrogen-bond acceptors (Lipinski definition) is 6. The van der Waals surface area contributed by atoms with Gasteiger partial charge >= 0.3 is 6.18 Å². The molecule has 2 rings (SSSR count). The minimum Gasteiger partial charge on any atom is -0.471 e. The van der Waals surface area contributed by atoms with Gasteiger partial charge in [-0.05, 0) is 81.8 Å². The van der Waals surface area contributed by atoms with Crippen LogP contribution >= 0.6 is 0 Å². The molecule has 0 aliphatic heterocycles. The van der Waals surface area contributed by atoms with Crippen molar-refractivity contribution >= 4 is 22.7 Å². The Morgan fingerprint density at radius 3 is 2.24 bits per heavy atom. The molecule has 1 saturated carbocycles. The van der Waals surface area contributed by atoms with Gasteiger partial charge in [0.25, 0.3) is 6.47 Å². The molecule has 0 spiro atoms. The molecule has 0 amide bonds. The number of carbonyl (C=O) groups is 1.